The highest BCUT2D eigenvalue weighted by Gasteiger charge is 2.13. The molecule has 0 bridgehead atoms. The Balaban J connectivity index is 2.14. The van der Waals surface area contributed by atoms with E-state index in [0.717, 1.165) is 23.4 Å². The van der Waals surface area contributed by atoms with Crippen molar-refractivity contribution in [2.24, 2.45) is 0 Å². The largest absolute Gasteiger partial charge is 0.293 e. The van der Waals surface area contributed by atoms with Crippen LogP contribution in [0, 0.1) is 0 Å². The van der Waals surface area contributed by atoms with Gasteiger partial charge in [0.15, 0.2) is 5.78 Å². The summed E-state index contributed by atoms with van der Waals surface area (Å²) in [5.74, 6) is 0.232. The molecule has 18 heavy (non-hydrogen) atoms. The lowest BCUT2D eigenvalue weighted by Crippen LogP contribution is -2.00. The normalized spacial score (nSPS) is 10.8. The van der Waals surface area contributed by atoms with Crippen LogP contribution in [-0.2, 0) is 6.42 Å². The summed E-state index contributed by atoms with van der Waals surface area (Å²) < 4.78 is 3.86. The minimum atomic E-state index is 0.232. The lowest BCUT2D eigenvalue weighted by Gasteiger charge is -2.01. The maximum Gasteiger partial charge on any atom is 0.176 e. The summed E-state index contributed by atoms with van der Waals surface area (Å²) >= 11 is 1.25. The van der Waals surface area contributed by atoms with Crippen LogP contribution in [0.15, 0.2) is 0 Å². The van der Waals surface area contributed by atoms with Gasteiger partial charge in [-0.1, -0.05) is 56.9 Å². The minimum absolute atomic E-state index is 0.232. The number of aromatic nitrogens is 2. The first-order valence-electron chi connectivity index (χ1n) is 7.14. The van der Waals surface area contributed by atoms with E-state index in [9.17, 15) is 4.79 Å². The van der Waals surface area contributed by atoms with E-state index >= 15 is 0 Å². The quantitative estimate of drug-likeness (QED) is 0.466. The molecule has 3 nitrogen and oxygen atoms in total. The summed E-state index contributed by atoms with van der Waals surface area (Å²) in [4.78, 5) is 12.7. The van der Waals surface area contributed by atoms with Gasteiger partial charge in [-0.3, -0.25) is 4.79 Å². The van der Waals surface area contributed by atoms with E-state index in [1.807, 2.05) is 6.92 Å². The molecule has 0 radical (unpaired) electrons. The highest BCUT2D eigenvalue weighted by atomic mass is 32.1. The Morgan fingerprint density at radius 1 is 1.06 bits per heavy atom. The Kier molecular flexibility index (Phi) is 7.81. The van der Waals surface area contributed by atoms with E-state index in [4.69, 9.17) is 0 Å². The molecule has 0 saturated carbocycles. The molecule has 1 aromatic rings. The van der Waals surface area contributed by atoms with Gasteiger partial charge < -0.3 is 0 Å². The number of Topliss-reactive ketones (excluding diaryl/α,β-unsaturated/α-hetero) is 1. The Morgan fingerprint density at radius 2 is 1.72 bits per heavy atom. The van der Waals surface area contributed by atoms with Gasteiger partial charge in [0, 0.05) is 6.42 Å². The van der Waals surface area contributed by atoms with Gasteiger partial charge in [0.25, 0.3) is 0 Å². The molecule has 1 aromatic heterocycles. The zero-order valence-electron chi connectivity index (χ0n) is 11.6. The molecule has 4 heteroatoms. The van der Waals surface area contributed by atoms with Crippen molar-refractivity contribution in [3.63, 3.8) is 0 Å². The van der Waals surface area contributed by atoms with Crippen LogP contribution in [-0.4, -0.2) is 15.4 Å². The van der Waals surface area contributed by atoms with Crippen LogP contribution in [0.2, 0.25) is 0 Å². The van der Waals surface area contributed by atoms with Gasteiger partial charge in [-0.2, -0.15) is 0 Å². The fraction of sp³-hybridized carbons (Fsp3) is 0.786. The number of hydrogen-bond donors (Lipinski definition) is 0. The van der Waals surface area contributed by atoms with Gasteiger partial charge in [0.1, 0.15) is 4.88 Å². The Labute approximate surface area is 114 Å². The van der Waals surface area contributed by atoms with E-state index in [0.29, 0.717) is 6.42 Å². The van der Waals surface area contributed by atoms with E-state index in [1.165, 1.54) is 50.1 Å². The molecule has 102 valence electrons. The van der Waals surface area contributed by atoms with Crippen molar-refractivity contribution in [1.29, 1.82) is 0 Å². The second kappa shape index (κ2) is 9.20. The third-order valence-electron chi connectivity index (χ3n) is 3.15. The molecule has 0 spiro atoms. The van der Waals surface area contributed by atoms with E-state index in [-0.39, 0.29) is 5.78 Å². The number of ketones is 1. The average Bonchev–Trinajstić information content (AvgIpc) is 2.85. The third-order valence-corrected chi connectivity index (χ3v) is 3.96. The van der Waals surface area contributed by atoms with Crippen molar-refractivity contribution in [3.8, 4) is 0 Å². The van der Waals surface area contributed by atoms with Crippen LogP contribution in [0.25, 0.3) is 0 Å². The lowest BCUT2D eigenvalue weighted by atomic mass is 10.1. The van der Waals surface area contributed by atoms with Gasteiger partial charge >= 0.3 is 0 Å². The van der Waals surface area contributed by atoms with Crippen molar-refractivity contribution >= 4 is 17.3 Å². The molecule has 1 heterocycles. The topological polar surface area (TPSA) is 42.9 Å². The highest BCUT2D eigenvalue weighted by Crippen LogP contribution is 2.16. The fourth-order valence-electron chi connectivity index (χ4n) is 2.01. The van der Waals surface area contributed by atoms with Crippen molar-refractivity contribution in [3.05, 3.63) is 10.6 Å². The average molecular weight is 268 g/mol. The van der Waals surface area contributed by atoms with Crippen LogP contribution in [0.4, 0.5) is 0 Å². The van der Waals surface area contributed by atoms with Crippen LogP contribution in [0.1, 0.15) is 80.6 Å². The summed E-state index contributed by atoms with van der Waals surface area (Å²) in [5.41, 5.74) is 0.868. The monoisotopic (exact) mass is 268 g/mol. The van der Waals surface area contributed by atoms with Gasteiger partial charge in [0.05, 0.1) is 5.69 Å². The van der Waals surface area contributed by atoms with Crippen molar-refractivity contribution < 1.29 is 4.79 Å². The van der Waals surface area contributed by atoms with Crippen molar-refractivity contribution in [2.75, 3.05) is 0 Å². The molecule has 0 aliphatic rings. The van der Waals surface area contributed by atoms with Crippen LogP contribution in [0.3, 0.4) is 0 Å². The molecule has 0 atom stereocenters. The second-order valence-electron chi connectivity index (χ2n) is 4.70. The number of carbonyl (C=O) groups excluding carboxylic acids is 1. The maximum atomic E-state index is 12.0. The molecular formula is C14H24N2OS. The molecule has 0 aliphatic heterocycles. The summed E-state index contributed by atoms with van der Waals surface area (Å²) in [6.07, 6.45) is 10.2. The standard InChI is InChI=1S/C14H24N2OS/c1-3-5-6-7-8-9-10-11-13(17)14-12(4-2)15-16-18-14/h3-11H2,1-2H3. The van der Waals surface area contributed by atoms with Crippen molar-refractivity contribution in [2.45, 2.75) is 71.6 Å². The number of rotatable bonds is 10. The smallest absolute Gasteiger partial charge is 0.176 e. The SMILES string of the molecule is CCCCCCCCCC(=O)c1snnc1CC. The summed E-state index contributed by atoms with van der Waals surface area (Å²) in [6, 6.07) is 0. The first-order chi connectivity index (χ1) is 8.79. The van der Waals surface area contributed by atoms with Crippen LogP contribution >= 0.6 is 11.5 Å². The van der Waals surface area contributed by atoms with Crippen LogP contribution < -0.4 is 0 Å². The number of nitrogens with zero attached hydrogens (tertiary/aromatic N) is 2. The minimum Gasteiger partial charge on any atom is -0.293 e. The first-order valence-corrected chi connectivity index (χ1v) is 7.91. The molecule has 0 saturated heterocycles. The van der Waals surface area contributed by atoms with Crippen LogP contribution in [0.5, 0.6) is 0 Å². The predicted octanol–water partition coefficient (Wildman–Crippen LogP) is 4.42. The summed E-state index contributed by atoms with van der Waals surface area (Å²) in [7, 11) is 0. The number of unbranched alkanes of at least 4 members (excludes halogenated alkanes) is 6. The van der Waals surface area contributed by atoms with Gasteiger partial charge in [-0.05, 0) is 24.4 Å². The number of hydrogen-bond acceptors (Lipinski definition) is 4. The molecule has 1 rings (SSSR count). The predicted molar refractivity (Wildman–Crippen MR) is 76.2 cm³/mol. The highest BCUT2D eigenvalue weighted by molar-refractivity contribution is 7.08. The molecular weight excluding hydrogens is 244 g/mol. The molecule has 0 amide bonds. The molecule has 0 N–H and O–H groups in total. The Morgan fingerprint density at radius 3 is 2.39 bits per heavy atom. The summed E-state index contributed by atoms with van der Waals surface area (Å²) in [5, 5.41) is 3.98. The zero-order chi connectivity index (χ0) is 13.2. The maximum absolute atomic E-state index is 12.0. The molecule has 0 aromatic carbocycles. The lowest BCUT2D eigenvalue weighted by molar-refractivity contribution is 0.0982. The summed E-state index contributed by atoms with van der Waals surface area (Å²) in [6.45, 7) is 4.24. The van der Waals surface area contributed by atoms with Gasteiger partial charge in [-0.25, -0.2) is 0 Å². The Hall–Kier alpha value is -0.770. The van der Waals surface area contributed by atoms with Gasteiger partial charge in [-0.15, -0.1) is 5.10 Å². The third kappa shape index (κ3) is 5.25. The number of carbonyl (C=O) groups is 1. The number of aryl methyl sites for hydroxylation is 1. The zero-order valence-corrected chi connectivity index (χ0v) is 12.4. The van der Waals surface area contributed by atoms with E-state index in [2.05, 4.69) is 16.5 Å². The van der Waals surface area contributed by atoms with Gasteiger partial charge in [0.2, 0.25) is 0 Å². The van der Waals surface area contributed by atoms with E-state index < -0.39 is 0 Å². The Bertz CT molecular complexity index is 349. The first kappa shape index (κ1) is 15.3. The van der Waals surface area contributed by atoms with Crippen molar-refractivity contribution in [1.82, 2.24) is 9.59 Å². The molecule has 0 fully saturated rings. The fourth-order valence-corrected chi connectivity index (χ4v) is 2.72. The molecule has 0 unspecified atom stereocenters. The van der Waals surface area contributed by atoms with E-state index in [1.54, 1.807) is 0 Å². The molecule has 0 aliphatic carbocycles. The second-order valence-corrected chi connectivity index (χ2v) is 5.45.